The molecule has 1 aliphatic carbocycles. The third-order valence-corrected chi connectivity index (χ3v) is 4.62. The normalized spacial score (nSPS) is 18.3. The van der Waals surface area contributed by atoms with Crippen molar-refractivity contribution in [3.63, 3.8) is 0 Å². The van der Waals surface area contributed by atoms with Crippen LogP contribution in [0.3, 0.4) is 0 Å². The van der Waals surface area contributed by atoms with E-state index in [2.05, 4.69) is 17.2 Å². The summed E-state index contributed by atoms with van der Waals surface area (Å²) in [6.45, 7) is 2.13. The van der Waals surface area contributed by atoms with Crippen molar-refractivity contribution in [2.75, 3.05) is 5.32 Å². The number of nitrogens with one attached hydrogen (secondary N) is 1. The van der Waals surface area contributed by atoms with E-state index in [-0.39, 0.29) is 5.88 Å². The number of aromatic hydroxyl groups is 1. The van der Waals surface area contributed by atoms with E-state index in [4.69, 9.17) is 0 Å². The van der Waals surface area contributed by atoms with Crippen molar-refractivity contribution < 1.29 is 5.11 Å². The highest BCUT2D eigenvalue weighted by Crippen LogP contribution is 2.30. The molecular weight excluding hydrogens is 244 g/mol. The van der Waals surface area contributed by atoms with Crippen LogP contribution in [0.15, 0.2) is 0 Å². The summed E-state index contributed by atoms with van der Waals surface area (Å²) >= 11 is 1.62. The van der Waals surface area contributed by atoms with E-state index in [1.165, 1.54) is 44.9 Å². The molecule has 0 saturated heterocycles. The lowest BCUT2D eigenvalue weighted by Crippen LogP contribution is -2.20. The van der Waals surface area contributed by atoms with Crippen molar-refractivity contribution in [1.82, 2.24) is 4.98 Å². The fraction of sp³-hybridized carbons (Fsp3) is 0.786. The number of thiazole rings is 1. The molecule has 102 valence electrons. The van der Waals surface area contributed by atoms with E-state index in [0.717, 1.165) is 22.9 Å². The summed E-state index contributed by atoms with van der Waals surface area (Å²) in [6.07, 6.45) is 11.2. The Bertz CT molecular complexity index is 357. The molecule has 1 aromatic rings. The highest BCUT2D eigenvalue weighted by Gasteiger charge is 2.15. The van der Waals surface area contributed by atoms with Crippen molar-refractivity contribution >= 4 is 16.5 Å². The van der Waals surface area contributed by atoms with Gasteiger partial charge in [-0.3, -0.25) is 0 Å². The van der Waals surface area contributed by atoms with Gasteiger partial charge in [-0.05, 0) is 19.3 Å². The third-order valence-electron chi connectivity index (χ3n) is 3.59. The van der Waals surface area contributed by atoms with Gasteiger partial charge in [0.25, 0.3) is 0 Å². The molecule has 0 bridgehead atoms. The van der Waals surface area contributed by atoms with Gasteiger partial charge in [0.2, 0.25) is 5.88 Å². The zero-order valence-electron chi connectivity index (χ0n) is 11.2. The fourth-order valence-corrected chi connectivity index (χ4v) is 3.60. The zero-order chi connectivity index (χ0) is 12.8. The number of rotatable bonds is 4. The first-order valence-electron chi connectivity index (χ1n) is 7.24. The van der Waals surface area contributed by atoms with Crippen LogP contribution in [0.2, 0.25) is 0 Å². The SMILES string of the molecule is CCCc1sc(NC2CCCCCCC2)nc1O. The molecule has 0 amide bonds. The van der Waals surface area contributed by atoms with Crippen LogP contribution in [0.25, 0.3) is 0 Å². The molecule has 0 unspecified atom stereocenters. The van der Waals surface area contributed by atoms with Crippen LogP contribution >= 0.6 is 11.3 Å². The predicted molar refractivity (Wildman–Crippen MR) is 77.5 cm³/mol. The quantitative estimate of drug-likeness (QED) is 0.854. The van der Waals surface area contributed by atoms with Gasteiger partial charge in [0.1, 0.15) is 0 Å². The number of aryl methyl sites for hydroxylation is 1. The molecule has 1 aliphatic rings. The molecule has 0 aliphatic heterocycles. The largest absolute Gasteiger partial charge is 0.492 e. The van der Waals surface area contributed by atoms with Gasteiger partial charge in [-0.15, -0.1) is 0 Å². The second-order valence-electron chi connectivity index (χ2n) is 5.20. The second-order valence-corrected chi connectivity index (χ2v) is 6.29. The second kappa shape index (κ2) is 6.98. The number of aromatic nitrogens is 1. The van der Waals surface area contributed by atoms with E-state index >= 15 is 0 Å². The van der Waals surface area contributed by atoms with Gasteiger partial charge < -0.3 is 10.4 Å². The fourth-order valence-electron chi connectivity index (χ4n) is 2.57. The first-order chi connectivity index (χ1) is 8.79. The molecule has 4 heteroatoms. The van der Waals surface area contributed by atoms with Gasteiger partial charge in [0.15, 0.2) is 5.13 Å². The van der Waals surface area contributed by atoms with Crippen molar-refractivity contribution in [2.24, 2.45) is 0 Å². The monoisotopic (exact) mass is 268 g/mol. The first kappa shape index (κ1) is 13.7. The molecule has 0 atom stereocenters. The molecule has 1 aromatic heterocycles. The predicted octanol–water partition coefficient (Wildman–Crippen LogP) is 4.33. The number of hydrogen-bond donors (Lipinski definition) is 2. The average Bonchev–Trinajstić information content (AvgIpc) is 2.64. The van der Waals surface area contributed by atoms with Crippen LogP contribution in [0.1, 0.15) is 63.2 Å². The standard InChI is InChI=1S/C14H24N2OS/c1-2-8-12-13(17)16-14(18-12)15-11-9-6-4-3-5-7-10-11/h11,17H,2-10H2,1H3,(H,15,16). The summed E-state index contributed by atoms with van der Waals surface area (Å²) in [4.78, 5) is 5.26. The van der Waals surface area contributed by atoms with Crippen molar-refractivity contribution in [1.29, 1.82) is 0 Å². The molecule has 1 saturated carbocycles. The lowest BCUT2D eigenvalue weighted by atomic mass is 9.97. The Hall–Kier alpha value is -0.770. The molecule has 3 nitrogen and oxygen atoms in total. The number of anilines is 1. The molecule has 0 spiro atoms. The van der Waals surface area contributed by atoms with Gasteiger partial charge in [-0.2, -0.15) is 4.98 Å². The van der Waals surface area contributed by atoms with Crippen LogP contribution < -0.4 is 5.32 Å². The van der Waals surface area contributed by atoms with Gasteiger partial charge in [-0.25, -0.2) is 0 Å². The van der Waals surface area contributed by atoms with Crippen molar-refractivity contribution in [3.8, 4) is 5.88 Å². The van der Waals surface area contributed by atoms with Gasteiger partial charge in [0.05, 0.1) is 4.88 Å². The van der Waals surface area contributed by atoms with Crippen LogP contribution in [-0.2, 0) is 6.42 Å². The summed E-state index contributed by atoms with van der Waals surface area (Å²) in [5.74, 6) is 0.232. The Labute approximate surface area is 114 Å². The summed E-state index contributed by atoms with van der Waals surface area (Å²) in [6, 6.07) is 0.547. The van der Waals surface area contributed by atoms with E-state index in [1.54, 1.807) is 11.3 Å². The molecule has 0 aromatic carbocycles. The van der Waals surface area contributed by atoms with Crippen molar-refractivity contribution in [3.05, 3.63) is 4.88 Å². The lowest BCUT2D eigenvalue weighted by Gasteiger charge is -2.20. The van der Waals surface area contributed by atoms with Gasteiger partial charge in [-0.1, -0.05) is 56.8 Å². The van der Waals surface area contributed by atoms with E-state index < -0.39 is 0 Å². The van der Waals surface area contributed by atoms with Crippen LogP contribution in [-0.4, -0.2) is 16.1 Å². The third kappa shape index (κ3) is 3.87. The van der Waals surface area contributed by atoms with Crippen molar-refractivity contribution in [2.45, 2.75) is 70.8 Å². The maximum Gasteiger partial charge on any atom is 0.227 e. The minimum absolute atomic E-state index is 0.232. The van der Waals surface area contributed by atoms with E-state index in [9.17, 15) is 5.11 Å². The molecule has 2 rings (SSSR count). The zero-order valence-corrected chi connectivity index (χ0v) is 12.1. The Morgan fingerprint density at radius 3 is 2.56 bits per heavy atom. The number of nitrogens with zero attached hydrogens (tertiary/aromatic N) is 1. The smallest absolute Gasteiger partial charge is 0.227 e. The minimum Gasteiger partial charge on any atom is -0.492 e. The Kier molecular flexibility index (Phi) is 5.29. The average molecular weight is 268 g/mol. The van der Waals surface area contributed by atoms with Crippen LogP contribution in [0.5, 0.6) is 5.88 Å². The summed E-state index contributed by atoms with van der Waals surface area (Å²) < 4.78 is 0. The molecule has 2 N–H and O–H groups in total. The summed E-state index contributed by atoms with van der Waals surface area (Å²) in [5, 5.41) is 14.2. The Balaban J connectivity index is 1.92. The molecule has 1 heterocycles. The minimum atomic E-state index is 0.232. The Morgan fingerprint density at radius 1 is 1.22 bits per heavy atom. The van der Waals surface area contributed by atoms with E-state index in [0.29, 0.717) is 6.04 Å². The lowest BCUT2D eigenvalue weighted by molar-refractivity contribution is 0.449. The summed E-state index contributed by atoms with van der Waals surface area (Å²) in [7, 11) is 0. The topological polar surface area (TPSA) is 45.2 Å². The van der Waals surface area contributed by atoms with Crippen LogP contribution in [0.4, 0.5) is 5.13 Å². The van der Waals surface area contributed by atoms with E-state index in [1.807, 2.05) is 0 Å². The van der Waals surface area contributed by atoms with Gasteiger partial charge >= 0.3 is 0 Å². The molecule has 0 radical (unpaired) electrons. The molecule has 1 fully saturated rings. The molecular formula is C14H24N2OS. The molecule has 18 heavy (non-hydrogen) atoms. The summed E-state index contributed by atoms with van der Waals surface area (Å²) in [5.41, 5.74) is 0. The Morgan fingerprint density at radius 2 is 1.89 bits per heavy atom. The highest BCUT2D eigenvalue weighted by atomic mass is 32.1. The number of hydrogen-bond acceptors (Lipinski definition) is 4. The highest BCUT2D eigenvalue weighted by molar-refractivity contribution is 7.15. The van der Waals surface area contributed by atoms with Gasteiger partial charge in [0, 0.05) is 6.04 Å². The maximum absolute atomic E-state index is 9.75. The van der Waals surface area contributed by atoms with Crippen LogP contribution in [0, 0.1) is 0 Å². The maximum atomic E-state index is 9.75. The first-order valence-corrected chi connectivity index (χ1v) is 8.06.